The number of amides is 2. The van der Waals surface area contributed by atoms with Crippen molar-refractivity contribution < 1.29 is 9.59 Å². The van der Waals surface area contributed by atoms with Crippen LogP contribution in [-0.4, -0.2) is 27.4 Å². The molecule has 1 aromatic carbocycles. The molecule has 0 unspecified atom stereocenters. The van der Waals surface area contributed by atoms with Crippen molar-refractivity contribution in [1.29, 1.82) is 0 Å². The Hall–Kier alpha value is -2.63. The van der Waals surface area contributed by atoms with Crippen LogP contribution < -0.4 is 10.6 Å². The van der Waals surface area contributed by atoms with Crippen LogP contribution in [0, 0.1) is 6.92 Å². The Morgan fingerprint density at radius 1 is 1.14 bits per heavy atom. The minimum Gasteiger partial charge on any atom is -0.347 e. The van der Waals surface area contributed by atoms with Crippen molar-refractivity contribution in [2.75, 3.05) is 5.32 Å². The van der Waals surface area contributed by atoms with Gasteiger partial charge < -0.3 is 15.2 Å². The normalized spacial score (nSPS) is 16.5. The molecule has 1 saturated carbocycles. The first-order valence-corrected chi connectivity index (χ1v) is 10.9. The summed E-state index contributed by atoms with van der Waals surface area (Å²) < 4.78 is 1.96. The standard InChI is InChI=1S/C23H30N4O2/c1-3-16-10-8-9-15(2)19(16)26-22(28)20-18-13-6-7-14-27(18)21(25-20)23(29)24-17-11-4-5-12-17/h8-10,17H,3-7,11-14H2,1-2H3,(H,24,29)(H,26,28). The Morgan fingerprint density at radius 2 is 1.93 bits per heavy atom. The Balaban J connectivity index is 1.63. The Bertz CT molecular complexity index is 925. The highest BCUT2D eigenvalue weighted by atomic mass is 16.2. The lowest BCUT2D eigenvalue weighted by Crippen LogP contribution is -2.35. The molecule has 0 saturated heterocycles. The topological polar surface area (TPSA) is 76.0 Å². The van der Waals surface area contributed by atoms with E-state index in [2.05, 4.69) is 22.5 Å². The summed E-state index contributed by atoms with van der Waals surface area (Å²) >= 11 is 0. The number of anilines is 1. The van der Waals surface area contributed by atoms with E-state index in [9.17, 15) is 9.59 Å². The number of nitrogens with zero attached hydrogens (tertiary/aromatic N) is 2. The molecule has 1 aliphatic heterocycles. The molecule has 1 fully saturated rings. The molecule has 1 aromatic heterocycles. The number of carbonyl (C=O) groups excluding carboxylic acids is 2. The van der Waals surface area contributed by atoms with E-state index < -0.39 is 0 Å². The van der Waals surface area contributed by atoms with Crippen LogP contribution in [0.4, 0.5) is 5.69 Å². The van der Waals surface area contributed by atoms with Gasteiger partial charge >= 0.3 is 0 Å². The number of nitrogens with one attached hydrogen (secondary N) is 2. The molecule has 0 atom stereocenters. The lowest BCUT2D eigenvalue weighted by molar-refractivity contribution is 0.0921. The van der Waals surface area contributed by atoms with Crippen LogP contribution in [0.5, 0.6) is 0 Å². The fourth-order valence-electron chi connectivity index (χ4n) is 4.59. The number of aromatic nitrogens is 2. The Labute approximate surface area is 172 Å². The molecule has 1 aliphatic carbocycles. The number of imidazole rings is 1. The number of rotatable bonds is 5. The molecule has 2 heterocycles. The van der Waals surface area contributed by atoms with Gasteiger partial charge in [-0.2, -0.15) is 0 Å². The SMILES string of the molecule is CCc1cccc(C)c1NC(=O)c1nc(C(=O)NC2CCCC2)n2c1CCCC2. The van der Waals surface area contributed by atoms with Gasteiger partial charge in [0, 0.05) is 18.3 Å². The van der Waals surface area contributed by atoms with Crippen molar-refractivity contribution in [3.63, 3.8) is 0 Å². The van der Waals surface area contributed by atoms with Gasteiger partial charge in [0.25, 0.3) is 11.8 Å². The average Bonchev–Trinajstić information content (AvgIpc) is 3.37. The summed E-state index contributed by atoms with van der Waals surface area (Å²) in [6.07, 6.45) is 8.02. The van der Waals surface area contributed by atoms with Crippen LogP contribution in [0.2, 0.25) is 0 Å². The van der Waals surface area contributed by atoms with E-state index >= 15 is 0 Å². The highest BCUT2D eigenvalue weighted by Crippen LogP contribution is 2.26. The molecule has 2 aliphatic rings. The maximum atomic E-state index is 13.2. The zero-order valence-corrected chi connectivity index (χ0v) is 17.4. The maximum Gasteiger partial charge on any atom is 0.287 e. The van der Waals surface area contributed by atoms with Crippen molar-refractivity contribution in [1.82, 2.24) is 14.9 Å². The third-order valence-corrected chi connectivity index (χ3v) is 6.20. The number of hydrogen-bond acceptors (Lipinski definition) is 3. The van der Waals surface area contributed by atoms with Crippen molar-refractivity contribution in [2.45, 2.75) is 77.8 Å². The van der Waals surface area contributed by atoms with Crippen molar-refractivity contribution in [2.24, 2.45) is 0 Å². The monoisotopic (exact) mass is 394 g/mol. The van der Waals surface area contributed by atoms with Gasteiger partial charge in [0.1, 0.15) is 0 Å². The van der Waals surface area contributed by atoms with Crippen LogP contribution in [0.25, 0.3) is 0 Å². The summed E-state index contributed by atoms with van der Waals surface area (Å²) in [5.74, 6) is 0.0149. The van der Waals surface area contributed by atoms with Crippen LogP contribution in [-0.2, 0) is 19.4 Å². The zero-order chi connectivity index (χ0) is 20.4. The molecular weight excluding hydrogens is 364 g/mol. The molecule has 2 N–H and O–H groups in total. The van der Waals surface area contributed by atoms with Gasteiger partial charge in [0.05, 0.1) is 5.69 Å². The first-order valence-electron chi connectivity index (χ1n) is 10.9. The fraction of sp³-hybridized carbons (Fsp3) is 0.522. The Morgan fingerprint density at radius 3 is 2.69 bits per heavy atom. The van der Waals surface area contributed by atoms with E-state index in [1.54, 1.807) is 0 Å². The van der Waals surface area contributed by atoms with Gasteiger partial charge in [0.2, 0.25) is 0 Å². The molecule has 0 spiro atoms. The molecule has 2 aromatic rings. The highest BCUT2D eigenvalue weighted by Gasteiger charge is 2.29. The molecule has 0 radical (unpaired) electrons. The Kier molecular flexibility index (Phi) is 5.69. The van der Waals surface area contributed by atoms with Gasteiger partial charge in [0.15, 0.2) is 11.5 Å². The third kappa shape index (κ3) is 3.93. The predicted octanol–water partition coefficient (Wildman–Crippen LogP) is 4.01. The van der Waals surface area contributed by atoms with Crippen molar-refractivity contribution in [3.8, 4) is 0 Å². The van der Waals surface area contributed by atoms with E-state index in [4.69, 9.17) is 0 Å². The summed E-state index contributed by atoms with van der Waals surface area (Å²) in [4.78, 5) is 30.6. The molecule has 0 bridgehead atoms. The number of aryl methyl sites for hydroxylation is 2. The summed E-state index contributed by atoms with van der Waals surface area (Å²) in [7, 11) is 0. The quantitative estimate of drug-likeness (QED) is 0.804. The summed E-state index contributed by atoms with van der Waals surface area (Å²) in [5.41, 5.74) is 4.27. The minimum absolute atomic E-state index is 0.149. The first kappa shape index (κ1) is 19.7. The van der Waals surface area contributed by atoms with E-state index in [1.807, 2.05) is 29.7 Å². The van der Waals surface area contributed by atoms with E-state index in [0.717, 1.165) is 80.4 Å². The van der Waals surface area contributed by atoms with Crippen molar-refractivity contribution >= 4 is 17.5 Å². The van der Waals surface area contributed by atoms with Crippen LogP contribution in [0.3, 0.4) is 0 Å². The number of para-hydroxylation sites is 1. The van der Waals surface area contributed by atoms with Crippen LogP contribution in [0.1, 0.15) is 83.4 Å². The first-order chi connectivity index (χ1) is 14.1. The third-order valence-electron chi connectivity index (χ3n) is 6.20. The number of hydrogen-bond donors (Lipinski definition) is 2. The smallest absolute Gasteiger partial charge is 0.287 e. The summed E-state index contributed by atoms with van der Waals surface area (Å²) in [6.45, 7) is 4.82. The molecule has 2 amide bonds. The van der Waals surface area contributed by atoms with E-state index in [1.165, 1.54) is 0 Å². The van der Waals surface area contributed by atoms with Gasteiger partial charge in [-0.3, -0.25) is 9.59 Å². The number of carbonyl (C=O) groups is 2. The highest BCUT2D eigenvalue weighted by molar-refractivity contribution is 6.05. The van der Waals surface area contributed by atoms with Crippen LogP contribution in [0.15, 0.2) is 18.2 Å². The largest absolute Gasteiger partial charge is 0.347 e. The van der Waals surface area contributed by atoms with Crippen LogP contribution >= 0.6 is 0 Å². The lowest BCUT2D eigenvalue weighted by atomic mass is 10.0. The minimum atomic E-state index is -0.223. The molecule has 29 heavy (non-hydrogen) atoms. The lowest BCUT2D eigenvalue weighted by Gasteiger charge is -2.18. The van der Waals surface area contributed by atoms with Gasteiger partial charge in [-0.05, 0) is 56.6 Å². The van der Waals surface area contributed by atoms with Gasteiger partial charge in [-0.15, -0.1) is 0 Å². The molecule has 4 rings (SSSR count). The second kappa shape index (κ2) is 8.39. The molecule has 154 valence electrons. The van der Waals surface area contributed by atoms with Crippen molar-refractivity contribution in [3.05, 3.63) is 46.5 Å². The van der Waals surface area contributed by atoms with E-state index in [-0.39, 0.29) is 17.9 Å². The molecular formula is C23H30N4O2. The van der Waals surface area contributed by atoms with E-state index in [0.29, 0.717) is 11.5 Å². The average molecular weight is 395 g/mol. The second-order valence-corrected chi connectivity index (χ2v) is 8.21. The van der Waals surface area contributed by atoms with Gasteiger partial charge in [-0.25, -0.2) is 4.98 Å². The number of fused-ring (bicyclic) bond motifs is 1. The summed E-state index contributed by atoms with van der Waals surface area (Å²) in [5, 5.41) is 6.20. The maximum absolute atomic E-state index is 13.2. The summed E-state index contributed by atoms with van der Waals surface area (Å²) in [6, 6.07) is 6.27. The number of benzene rings is 1. The van der Waals surface area contributed by atoms with Gasteiger partial charge in [-0.1, -0.05) is 38.0 Å². The zero-order valence-electron chi connectivity index (χ0n) is 17.4. The molecule has 6 nitrogen and oxygen atoms in total. The second-order valence-electron chi connectivity index (χ2n) is 8.21. The fourth-order valence-corrected chi connectivity index (χ4v) is 4.59. The molecule has 6 heteroatoms. The predicted molar refractivity (Wildman–Crippen MR) is 113 cm³/mol.